The Morgan fingerprint density at radius 2 is 0.829 bits per heavy atom. The maximum absolute atomic E-state index is 12.9. The maximum Gasteiger partial charge on any atom is 0.373 e. The van der Waals surface area contributed by atoms with Crippen LogP contribution in [-0.2, 0) is 19.6 Å². The van der Waals surface area contributed by atoms with Crippen molar-refractivity contribution in [3.8, 4) is 0 Å². The van der Waals surface area contributed by atoms with Crippen LogP contribution in [0.2, 0.25) is 0 Å². The van der Waals surface area contributed by atoms with Crippen molar-refractivity contribution >= 4 is 11.9 Å². The van der Waals surface area contributed by atoms with Crippen LogP contribution in [0.15, 0.2) is 0 Å². The summed E-state index contributed by atoms with van der Waals surface area (Å²) in [5.74, 6) is -1.20. The Labute approximate surface area is 209 Å². The zero-order valence-electron chi connectivity index (χ0n) is 23.1. The number of carbonyl (C=O) groups excluding carboxylic acids is 2. The molecule has 0 bridgehead atoms. The van der Waals surface area contributed by atoms with Crippen molar-refractivity contribution in [2.24, 2.45) is 0 Å². The van der Waals surface area contributed by atoms with E-state index in [9.17, 15) is 9.59 Å². The van der Waals surface area contributed by atoms with Gasteiger partial charge >= 0.3 is 11.9 Å². The minimum absolute atomic E-state index is 0.394. The quantitative estimate of drug-likeness (QED) is 0.214. The average molecular weight is 485 g/mol. The molecule has 0 aliphatic carbocycles. The Morgan fingerprint density at radius 3 is 1.11 bits per heavy atom. The predicted molar refractivity (Wildman–Crippen MR) is 137 cm³/mol. The summed E-state index contributed by atoms with van der Waals surface area (Å²) in [7, 11) is 0. The molecule has 0 N–H and O–H groups in total. The van der Waals surface area contributed by atoms with Crippen molar-refractivity contribution in [3.05, 3.63) is 66.8 Å². The molecule has 0 aromatic heterocycles. The molecule has 0 saturated heterocycles. The highest BCUT2D eigenvalue weighted by Gasteiger charge is 2.25. The van der Waals surface area contributed by atoms with Gasteiger partial charge in [0.2, 0.25) is 6.29 Å². The first-order valence-electron chi connectivity index (χ1n) is 12.2. The van der Waals surface area contributed by atoms with Gasteiger partial charge in [0, 0.05) is 6.42 Å². The van der Waals surface area contributed by atoms with Crippen molar-refractivity contribution in [1.29, 1.82) is 0 Å². The number of carbonyl (C=O) groups is 2. The summed E-state index contributed by atoms with van der Waals surface area (Å²) < 4.78 is 0. The van der Waals surface area contributed by atoms with Crippen LogP contribution in [0.25, 0.3) is 0 Å². The van der Waals surface area contributed by atoms with E-state index in [4.69, 9.17) is 19.6 Å². The van der Waals surface area contributed by atoms with Crippen LogP contribution in [0, 0.1) is 69.2 Å². The Kier molecular flexibility index (Phi) is 9.64. The lowest BCUT2D eigenvalue weighted by Gasteiger charge is -2.20. The minimum atomic E-state index is -1.04. The van der Waals surface area contributed by atoms with E-state index < -0.39 is 18.2 Å². The molecule has 0 aliphatic heterocycles. The van der Waals surface area contributed by atoms with Crippen molar-refractivity contribution < 1.29 is 29.1 Å². The molecule has 192 valence electrons. The van der Waals surface area contributed by atoms with E-state index in [0.717, 1.165) is 68.5 Å². The molecule has 6 heteroatoms. The molecule has 2 aromatic carbocycles. The van der Waals surface area contributed by atoms with E-state index in [1.165, 1.54) is 0 Å². The summed E-state index contributed by atoms with van der Waals surface area (Å²) in [6, 6.07) is 0. The van der Waals surface area contributed by atoms with Gasteiger partial charge in [-0.2, -0.15) is 0 Å². The molecular formula is C29H40O6. The summed E-state index contributed by atoms with van der Waals surface area (Å²) in [5.41, 5.74) is 10.9. The van der Waals surface area contributed by atoms with Gasteiger partial charge in [0.15, 0.2) is 0 Å². The highest BCUT2D eigenvalue weighted by Crippen LogP contribution is 2.28. The number of benzene rings is 2. The molecule has 35 heavy (non-hydrogen) atoms. The van der Waals surface area contributed by atoms with Crippen molar-refractivity contribution in [1.82, 2.24) is 0 Å². The van der Waals surface area contributed by atoms with Gasteiger partial charge in [-0.25, -0.2) is 9.59 Å². The standard InChI is InChI=1S/C29H40O6/c1-12-13-14-25(32-34-28(30)26-21(8)17(4)15(2)18(5)22(26)9)33-35-29(31)27-23(10)19(6)16(3)20(7)24(27)11/h25H,12-14H2,1-11H3. The summed E-state index contributed by atoms with van der Waals surface area (Å²) in [6.45, 7) is 21.6. The van der Waals surface area contributed by atoms with Crippen LogP contribution in [0.1, 0.15) is 103 Å². The van der Waals surface area contributed by atoms with Gasteiger partial charge in [0.1, 0.15) is 0 Å². The summed E-state index contributed by atoms with van der Waals surface area (Å²) >= 11 is 0. The molecule has 0 atom stereocenters. The van der Waals surface area contributed by atoms with Crippen LogP contribution in [0.4, 0.5) is 0 Å². The molecule has 0 spiro atoms. The van der Waals surface area contributed by atoms with Crippen molar-refractivity contribution in [3.63, 3.8) is 0 Å². The molecule has 2 rings (SSSR count). The van der Waals surface area contributed by atoms with Crippen LogP contribution >= 0.6 is 0 Å². The molecule has 6 nitrogen and oxygen atoms in total. The molecule has 0 saturated carbocycles. The van der Waals surface area contributed by atoms with E-state index in [1.807, 2.05) is 76.2 Å². The van der Waals surface area contributed by atoms with Crippen LogP contribution in [0.3, 0.4) is 0 Å². The third-order valence-corrected chi connectivity index (χ3v) is 7.66. The summed E-state index contributed by atoms with van der Waals surface area (Å²) in [5, 5.41) is 0. The van der Waals surface area contributed by atoms with E-state index in [1.54, 1.807) is 0 Å². The number of unbranched alkanes of at least 4 members (excludes halogenated alkanes) is 1. The van der Waals surface area contributed by atoms with Gasteiger partial charge in [-0.3, -0.25) is 9.78 Å². The number of hydrogen-bond acceptors (Lipinski definition) is 6. The smallest absolute Gasteiger partial charge is 0.290 e. The third kappa shape index (κ3) is 5.93. The van der Waals surface area contributed by atoms with Crippen molar-refractivity contribution in [2.45, 2.75) is 102 Å². The second kappa shape index (κ2) is 11.8. The molecule has 0 aliphatic rings. The largest absolute Gasteiger partial charge is 0.373 e. The molecule has 0 heterocycles. The molecule has 0 amide bonds. The molecule has 0 unspecified atom stereocenters. The highest BCUT2D eigenvalue weighted by molar-refractivity contribution is 5.94. The fourth-order valence-corrected chi connectivity index (χ4v) is 4.37. The van der Waals surface area contributed by atoms with E-state index in [2.05, 4.69) is 0 Å². The fraction of sp³-hybridized carbons (Fsp3) is 0.517. The monoisotopic (exact) mass is 484 g/mol. The normalized spacial score (nSPS) is 11.2. The lowest BCUT2D eigenvalue weighted by atomic mass is 9.90. The lowest BCUT2D eigenvalue weighted by molar-refractivity contribution is -0.421. The van der Waals surface area contributed by atoms with Crippen LogP contribution in [-0.4, -0.2) is 18.2 Å². The van der Waals surface area contributed by atoms with Crippen LogP contribution in [0.5, 0.6) is 0 Å². The molecule has 0 radical (unpaired) electrons. The topological polar surface area (TPSA) is 71.1 Å². The Bertz CT molecular complexity index is 985. The molecular weight excluding hydrogens is 444 g/mol. The van der Waals surface area contributed by atoms with E-state index in [0.29, 0.717) is 17.5 Å². The van der Waals surface area contributed by atoms with E-state index in [-0.39, 0.29) is 0 Å². The minimum Gasteiger partial charge on any atom is -0.290 e. The van der Waals surface area contributed by atoms with Crippen LogP contribution < -0.4 is 0 Å². The summed E-state index contributed by atoms with van der Waals surface area (Å²) in [4.78, 5) is 46.9. The maximum atomic E-state index is 12.9. The predicted octanol–water partition coefficient (Wildman–Crippen LogP) is 7.16. The second-order valence-corrected chi connectivity index (χ2v) is 9.51. The Balaban J connectivity index is 2.18. The van der Waals surface area contributed by atoms with Gasteiger partial charge < -0.3 is 0 Å². The lowest BCUT2D eigenvalue weighted by Crippen LogP contribution is -2.24. The first-order valence-corrected chi connectivity index (χ1v) is 12.2. The van der Waals surface area contributed by atoms with E-state index >= 15 is 0 Å². The molecule has 0 fully saturated rings. The molecule has 2 aromatic rings. The van der Waals surface area contributed by atoms with Gasteiger partial charge in [0.05, 0.1) is 11.1 Å². The fourth-order valence-electron chi connectivity index (χ4n) is 4.37. The van der Waals surface area contributed by atoms with Gasteiger partial charge in [-0.15, -0.1) is 9.78 Å². The Morgan fingerprint density at radius 1 is 0.543 bits per heavy atom. The highest BCUT2D eigenvalue weighted by atomic mass is 17.3. The van der Waals surface area contributed by atoms with Gasteiger partial charge in [-0.05, 0) is 131 Å². The third-order valence-electron chi connectivity index (χ3n) is 7.66. The summed E-state index contributed by atoms with van der Waals surface area (Å²) in [6.07, 6.45) is 0.963. The van der Waals surface area contributed by atoms with Gasteiger partial charge in [0.25, 0.3) is 0 Å². The first kappa shape index (κ1) is 28.5. The van der Waals surface area contributed by atoms with Crippen molar-refractivity contribution in [2.75, 3.05) is 0 Å². The SMILES string of the molecule is CCCCC(OOC(=O)c1c(C)c(C)c(C)c(C)c1C)OOC(=O)c1c(C)c(C)c(C)c(C)c1C. The second-order valence-electron chi connectivity index (χ2n) is 9.51. The average Bonchev–Trinajstić information content (AvgIpc) is 2.83. The first-order chi connectivity index (χ1) is 16.3. The number of rotatable bonds is 9. The van der Waals surface area contributed by atoms with Gasteiger partial charge in [-0.1, -0.05) is 13.3 Å². The zero-order valence-corrected chi connectivity index (χ0v) is 23.1. The number of hydrogen-bond donors (Lipinski definition) is 0. The Hall–Kier alpha value is -2.70. The zero-order chi connectivity index (χ0) is 26.6.